The molecular formula is C16H33NO. The lowest BCUT2D eigenvalue weighted by molar-refractivity contribution is -0.0919. The van der Waals surface area contributed by atoms with Gasteiger partial charge in [0.15, 0.2) is 0 Å². The van der Waals surface area contributed by atoms with Crippen LogP contribution in [0.5, 0.6) is 0 Å². The largest absolute Gasteiger partial charge is 0.374 e. The Balaban J connectivity index is 2.69. The zero-order chi connectivity index (χ0) is 13.4. The first-order valence-electron chi connectivity index (χ1n) is 8.02. The molecule has 1 N–H and O–H groups in total. The zero-order valence-electron chi connectivity index (χ0n) is 12.9. The van der Waals surface area contributed by atoms with Crippen LogP contribution in [0.25, 0.3) is 0 Å². The molecule has 1 aliphatic carbocycles. The predicted octanol–water partition coefficient (Wildman–Crippen LogP) is 4.14. The fourth-order valence-electron chi connectivity index (χ4n) is 3.33. The molecule has 0 aromatic carbocycles. The molecule has 2 nitrogen and oxygen atoms in total. The molecule has 1 rings (SSSR count). The van der Waals surface area contributed by atoms with Gasteiger partial charge in [-0.25, -0.2) is 0 Å². The van der Waals surface area contributed by atoms with Crippen molar-refractivity contribution in [1.82, 2.24) is 5.32 Å². The van der Waals surface area contributed by atoms with Crippen LogP contribution in [-0.2, 0) is 4.74 Å². The number of hydrogen-bond acceptors (Lipinski definition) is 2. The Hall–Kier alpha value is -0.0800. The molecule has 108 valence electrons. The molecule has 1 atom stereocenters. The Kier molecular flexibility index (Phi) is 7.25. The molecule has 0 bridgehead atoms. The average Bonchev–Trinajstić information content (AvgIpc) is 2.35. The van der Waals surface area contributed by atoms with E-state index in [1.165, 1.54) is 44.9 Å². The average molecular weight is 255 g/mol. The van der Waals surface area contributed by atoms with Gasteiger partial charge in [0.25, 0.3) is 0 Å². The molecule has 18 heavy (non-hydrogen) atoms. The van der Waals surface area contributed by atoms with E-state index >= 15 is 0 Å². The maximum absolute atomic E-state index is 6.25. The predicted molar refractivity (Wildman–Crippen MR) is 79.0 cm³/mol. The molecule has 0 spiro atoms. The fraction of sp³-hybridized carbons (Fsp3) is 1.00. The molecule has 1 unspecified atom stereocenters. The summed E-state index contributed by atoms with van der Waals surface area (Å²) in [5, 5.41) is 3.71. The van der Waals surface area contributed by atoms with Crippen molar-refractivity contribution in [1.29, 1.82) is 0 Å². The Labute approximate surface area is 114 Å². The quantitative estimate of drug-likeness (QED) is 0.704. The van der Waals surface area contributed by atoms with Crippen LogP contribution >= 0.6 is 0 Å². The van der Waals surface area contributed by atoms with E-state index in [0.717, 1.165) is 19.1 Å². The molecule has 0 heterocycles. The lowest BCUT2D eigenvalue weighted by atomic mass is 9.77. The van der Waals surface area contributed by atoms with Crippen molar-refractivity contribution < 1.29 is 4.74 Å². The first-order chi connectivity index (χ1) is 8.64. The summed E-state index contributed by atoms with van der Waals surface area (Å²) in [5.41, 5.74) is 0.123. The number of hydrogen-bond donors (Lipinski definition) is 1. The van der Waals surface area contributed by atoms with E-state index < -0.39 is 0 Å². The van der Waals surface area contributed by atoms with Gasteiger partial charge in [-0.15, -0.1) is 0 Å². The van der Waals surface area contributed by atoms with Crippen LogP contribution in [0.2, 0.25) is 0 Å². The lowest BCUT2D eigenvalue weighted by Crippen LogP contribution is -2.53. The Morgan fingerprint density at radius 2 is 1.72 bits per heavy atom. The lowest BCUT2D eigenvalue weighted by Gasteiger charge is -2.44. The molecule has 0 saturated heterocycles. The third-order valence-electron chi connectivity index (χ3n) is 4.25. The van der Waals surface area contributed by atoms with Gasteiger partial charge in [0.05, 0.1) is 5.60 Å². The number of ether oxygens (including phenoxy) is 1. The second kappa shape index (κ2) is 8.16. The highest BCUT2D eigenvalue weighted by molar-refractivity contribution is 4.95. The molecule has 0 amide bonds. The third-order valence-corrected chi connectivity index (χ3v) is 4.25. The SMILES string of the molecule is CCNC(CCC(C)C)C1(OCC)CCCCC1. The highest BCUT2D eigenvalue weighted by Gasteiger charge is 2.39. The van der Waals surface area contributed by atoms with Gasteiger partial charge in [0.1, 0.15) is 0 Å². The number of rotatable bonds is 8. The van der Waals surface area contributed by atoms with Crippen molar-refractivity contribution in [3.05, 3.63) is 0 Å². The third kappa shape index (κ3) is 4.55. The maximum atomic E-state index is 6.25. The molecule has 1 fully saturated rings. The van der Waals surface area contributed by atoms with Crippen LogP contribution in [0.15, 0.2) is 0 Å². The van der Waals surface area contributed by atoms with Crippen molar-refractivity contribution in [2.45, 2.75) is 84.3 Å². The first-order valence-corrected chi connectivity index (χ1v) is 8.02. The van der Waals surface area contributed by atoms with Crippen molar-refractivity contribution in [2.24, 2.45) is 5.92 Å². The van der Waals surface area contributed by atoms with Crippen molar-refractivity contribution in [2.75, 3.05) is 13.2 Å². The van der Waals surface area contributed by atoms with E-state index in [0.29, 0.717) is 6.04 Å². The van der Waals surface area contributed by atoms with E-state index in [1.54, 1.807) is 0 Å². The van der Waals surface area contributed by atoms with Crippen molar-refractivity contribution in [3.63, 3.8) is 0 Å². The Bertz CT molecular complexity index is 204. The number of nitrogens with one attached hydrogen (secondary N) is 1. The standard InChI is InChI=1S/C16H33NO/c1-5-17-15(11-10-14(3)4)16(18-6-2)12-8-7-9-13-16/h14-15,17H,5-13H2,1-4H3. The second-order valence-corrected chi connectivity index (χ2v) is 6.14. The molecule has 2 heteroatoms. The summed E-state index contributed by atoms with van der Waals surface area (Å²) in [4.78, 5) is 0. The molecular weight excluding hydrogens is 222 g/mol. The van der Waals surface area contributed by atoms with E-state index in [2.05, 4.69) is 33.0 Å². The fourth-order valence-corrected chi connectivity index (χ4v) is 3.33. The van der Waals surface area contributed by atoms with Crippen LogP contribution in [0.1, 0.15) is 72.6 Å². The summed E-state index contributed by atoms with van der Waals surface area (Å²) in [6.45, 7) is 10.9. The van der Waals surface area contributed by atoms with Gasteiger partial charge in [-0.3, -0.25) is 0 Å². The maximum Gasteiger partial charge on any atom is 0.0834 e. The Morgan fingerprint density at radius 3 is 2.22 bits per heavy atom. The normalized spacial score (nSPS) is 21.2. The summed E-state index contributed by atoms with van der Waals surface area (Å²) in [6, 6.07) is 0.546. The second-order valence-electron chi connectivity index (χ2n) is 6.14. The van der Waals surface area contributed by atoms with Gasteiger partial charge in [0, 0.05) is 12.6 Å². The van der Waals surface area contributed by atoms with Gasteiger partial charge in [-0.2, -0.15) is 0 Å². The summed E-state index contributed by atoms with van der Waals surface area (Å²) >= 11 is 0. The van der Waals surface area contributed by atoms with E-state index in [1.807, 2.05) is 0 Å². The van der Waals surface area contributed by atoms with Crippen LogP contribution in [0.3, 0.4) is 0 Å². The van der Waals surface area contributed by atoms with Crippen molar-refractivity contribution >= 4 is 0 Å². The first kappa shape index (κ1) is 16.0. The van der Waals surface area contributed by atoms with Crippen LogP contribution < -0.4 is 5.32 Å². The summed E-state index contributed by atoms with van der Waals surface area (Å²) in [6.07, 6.45) is 9.11. The van der Waals surface area contributed by atoms with E-state index in [9.17, 15) is 0 Å². The smallest absolute Gasteiger partial charge is 0.0834 e. The molecule has 1 aliphatic rings. The highest BCUT2D eigenvalue weighted by Crippen LogP contribution is 2.36. The van der Waals surface area contributed by atoms with Crippen LogP contribution in [0, 0.1) is 5.92 Å². The van der Waals surface area contributed by atoms with E-state index in [4.69, 9.17) is 4.74 Å². The molecule has 0 radical (unpaired) electrons. The molecule has 0 aromatic rings. The van der Waals surface area contributed by atoms with Gasteiger partial charge < -0.3 is 10.1 Å². The minimum Gasteiger partial charge on any atom is -0.374 e. The summed E-state index contributed by atoms with van der Waals surface area (Å²) in [7, 11) is 0. The molecule has 1 saturated carbocycles. The van der Waals surface area contributed by atoms with Gasteiger partial charge in [-0.1, -0.05) is 40.0 Å². The monoisotopic (exact) mass is 255 g/mol. The molecule has 0 aliphatic heterocycles. The van der Waals surface area contributed by atoms with Crippen molar-refractivity contribution in [3.8, 4) is 0 Å². The zero-order valence-corrected chi connectivity index (χ0v) is 12.9. The summed E-state index contributed by atoms with van der Waals surface area (Å²) < 4.78 is 6.25. The van der Waals surface area contributed by atoms with E-state index in [-0.39, 0.29) is 5.60 Å². The van der Waals surface area contributed by atoms with Gasteiger partial charge in [-0.05, 0) is 45.1 Å². The van der Waals surface area contributed by atoms with Gasteiger partial charge in [0.2, 0.25) is 0 Å². The Morgan fingerprint density at radius 1 is 1.06 bits per heavy atom. The van der Waals surface area contributed by atoms with Gasteiger partial charge >= 0.3 is 0 Å². The minimum atomic E-state index is 0.123. The highest BCUT2D eigenvalue weighted by atomic mass is 16.5. The minimum absolute atomic E-state index is 0.123. The van der Waals surface area contributed by atoms with Crippen LogP contribution in [-0.4, -0.2) is 24.8 Å². The topological polar surface area (TPSA) is 21.3 Å². The molecule has 0 aromatic heterocycles. The number of likely N-dealkylation sites (N-methyl/N-ethyl adjacent to an activating group) is 1. The van der Waals surface area contributed by atoms with Crippen LogP contribution in [0.4, 0.5) is 0 Å². The summed E-state index contributed by atoms with van der Waals surface area (Å²) in [5.74, 6) is 0.786.